The molecule has 0 aliphatic heterocycles. The van der Waals surface area contributed by atoms with Crippen LogP contribution >= 0.6 is 11.6 Å². The largest absolute Gasteiger partial charge is 0.352 e. The molecule has 1 aliphatic carbocycles. The zero-order valence-electron chi connectivity index (χ0n) is 22.9. The number of benzene rings is 2. The number of sulfonamides is 1. The third-order valence-corrected chi connectivity index (χ3v) is 8.91. The number of nitrogens with zero attached hydrogens (tertiary/aromatic N) is 2. The van der Waals surface area contributed by atoms with Gasteiger partial charge in [0.1, 0.15) is 6.04 Å². The molecule has 1 N–H and O–H groups in total. The van der Waals surface area contributed by atoms with Gasteiger partial charge in [0.25, 0.3) is 0 Å². The molecular formula is C29H40ClN3O4S. The monoisotopic (exact) mass is 561 g/mol. The number of carbonyl (C=O) groups is 2. The van der Waals surface area contributed by atoms with Gasteiger partial charge in [0, 0.05) is 30.6 Å². The van der Waals surface area contributed by atoms with Crippen molar-refractivity contribution >= 4 is 39.1 Å². The van der Waals surface area contributed by atoms with E-state index in [0.29, 0.717) is 17.1 Å². The number of rotatable bonds is 11. The lowest BCUT2D eigenvalue weighted by atomic mass is 9.95. The maximum absolute atomic E-state index is 13.5. The lowest BCUT2D eigenvalue weighted by Crippen LogP contribution is -2.50. The van der Waals surface area contributed by atoms with Gasteiger partial charge in [-0.05, 0) is 74.9 Å². The molecule has 208 valence electrons. The van der Waals surface area contributed by atoms with Crippen LogP contribution in [0.15, 0.2) is 42.5 Å². The Hall–Kier alpha value is -2.58. The Morgan fingerprint density at radius 3 is 2.37 bits per heavy atom. The summed E-state index contributed by atoms with van der Waals surface area (Å²) >= 11 is 6.39. The van der Waals surface area contributed by atoms with Gasteiger partial charge in [-0.2, -0.15) is 0 Å². The Labute approximate surface area is 232 Å². The smallest absolute Gasteiger partial charge is 0.242 e. The lowest BCUT2D eigenvalue weighted by molar-refractivity contribution is -0.141. The zero-order chi connectivity index (χ0) is 27.9. The number of carbonyl (C=O) groups excluding carboxylic acids is 2. The third-order valence-electron chi connectivity index (χ3n) is 7.35. The van der Waals surface area contributed by atoms with E-state index in [9.17, 15) is 18.0 Å². The fourth-order valence-electron chi connectivity index (χ4n) is 4.85. The molecule has 0 bridgehead atoms. The van der Waals surface area contributed by atoms with Crippen LogP contribution in [0.3, 0.4) is 0 Å². The maximum atomic E-state index is 13.5. The summed E-state index contributed by atoms with van der Waals surface area (Å²) in [5, 5.41) is 3.66. The van der Waals surface area contributed by atoms with E-state index in [2.05, 4.69) is 5.32 Å². The van der Waals surface area contributed by atoms with Crippen molar-refractivity contribution in [2.75, 3.05) is 17.1 Å². The van der Waals surface area contributed by atoms with Gasteiger partial charge in [-0.25, -0.2) is 8.42 Å². The van der Waals surface area contributed by atoms with Crippen molar-refractivity contribution in [1.29, 1.82) is 0 Å². The summed E-state index contributed by atoms with van der Waals surface area (Å²) < 4.78 is 26.5. The minimum absolute atomic E-state index is 0.0996. The second-order valence-corrected chi connectivity index (χ2v) is 12.7. The number of nitrogens with one attached hydrogen (secondary N) is 1. The first-order chi connectivity index (χ1) is 18.0. The molecule has 2 amide bonds. The number of hydrogen-bond acceptors (Lipinski definition) is 4. The molecule has 1 saturated carbocycles. The van der Waals surface area contributed by atoms with Gasteiger partial charge in [0.2, 0.25) is 21.8 Å². The molecule has 0 aromatic heterocycles. The van der Waals surface area contributed by atoms with Crippen molar-refractivity contribution in [2.24, 2.45) is 0 Å². The topological polar surface area (TPSA) is 86.8 Å². The molecule has 0 radical (unpaired) electrons. The third kappa shape index (κ3) is 8.21. The Balaban J connectivity index is 1.73. The van der Waals surface area contributed by atoms with E-state index in [1.54, 1.807) is 24.0 Å². The summed E-state index contributed by atoms with van der Waals surface area (Å²) in [5.41, 5.74) is 3.41. The van der Waals surface area contributed by atoms with E-state index in [0.717, 1.165) is 42.4 Å². The van der Waals surface area contributed by atoms with Gasteiger partial charge in [-0.3, -0.25) is 13.9 Å². The fraction of sp³-hybridized carbons (Fsp3) is 0.517. The van der Waals surface area contributed by atoms with Crippen molar-refractivity contribution in [2.45, 2.75) is 84.3 Å². The van der Waals surface area contributed by atoms with Gasteiger partial charge >= 0.3 is 0 Å². The second kappa shape index (κ2) is 13.5. The van der Waals surface area contributed by atoms with Gasteiger partial charge in [0.15, 0.2) is 0 Å². The predicted octanol–water partition coefficient (Wildman–Crippen LogP) is 5.37. The Bertz CT molecular complexity index is 1230. The van der Waals surface area contributed by atoms with Crippen molar-refractivity contribution in [3.63, 3.8) is 0 Å². The maximum Gasteiger partial charge on any atom is 0.242 e. The summed E-state index contributed by atoms with van der Waals surface area (Å²) in [6.45, 7) is 6.02. The van der Waals surface area contributed by atoms with E-state index in [1.165, 1.54) is 17.0 Å². The highest BCUT2D eigenvalue weighted by atomic mass is 35.5. The van der Waals surface area contributed by atoms with E-state index in [4.69, 9.17) is 11.6 Å². The lowest BCUT2D eigenvalue weighted by Gasteiger charge is -2.31. The minimum Gasteiger partial charge on any atom is -0.352 e. The fourth-order valence-corrected chi connectivity index (χ4v) is 6.00. The highest BCUT2D eigenvalue weighted by Gasteiger charge is 2.29. The normalized spacial score (nSPS) is 15.1. The van der Waals surface area contributed by atoms with Crippen LogP contribution in [0.2, 0.25) is 5.02 Å². The van der Waals surface area contributed by atoms with Crippen LogP contribution in [0.4, 0.5) is 5.69 Å². The molecule has 1 unspecified atom stereocenters. The summed E-state index contributed by atoms with van der Waals surface area (Å²) in [5.74, 6) is -0.394. The molecule has 1 atom stereocenters. The number of amides is 2. The van der Waals surface area contributed by atoms with Gasteiger partial charge in [-0.15, -0.1) is 0 Å². The Morgan fingerprint density at radius 1 is 1.05 bits per heavy atom. The molecule has 0 spiro atoms. The quantitative estimate of drug-likeness (QED) is 0.399. The summed E-state index contributed by atoms with van der Waals surface area (Å²) in [4.78, 5) is 28.2. The van der Waals surface area contributed by atoms with Crippen LogP contribution in [-0.2, 0) is 26.2 Å². The van der Waals surface area contributed by atoms with Gasteiger partial charge in [-0.1, -0.05) is 55.1 Å². The molecule has 0 heterocycles. The number of anilines is 1. The van der Waals surface area contributed by atoms with E-state index >= 15 is 0 Å². The van der Waals surface area contributed by atoms with Gasteiger partial charge < -0.3 is 10.2 Å². The molecule has 3 rings (SSSR count). The molecule has 0 saturated heterocycles. The number of aryl methyl sites for hydroxylation is 2. The van der Waals surface area contributed by atoms with E-state index in [1.807, 2.05) is 44.2 Å². The Morgan fingerprint density at radius 2 is 1.74 bits per heavy atom. The summed E-state index contributed by atoms with van der Waals surface area (Å²) in [6.07, 6.45) is 6.87. The summed E-state index contributed by atoms with van der Waals surface area (Å²) in [7, 11) is -3.54. The first-order valence-electron chi connectivity index (χ1n) is 13.4. The highest BCUT2D eigenvalue weighted by molar-refractivity contribution is 7.92. The molecule has 7 nitrogen and oxygen atoms in total. The van der Waals surface area contributed by atoms with Crippen molar-refractivity contribution in [3.8, 4) is 0 Å². The Kier molecular flexibility index (Phi) is 10.6. The van der Waals surface area contributed by atoms with Crippen molar-refractivity contribution in [1.82, 2.24) is 10.2 Å². The number of halogens is 1. The van der Waals surface area contributed by atoms with E-state index < -0.39 is 16.1 Å². The van der Waals surface area contributed by atoms with Crippen LogP contribution in [-0.4, -0.2) is 50.0 Å². The molecule has 1 aliphatic rings. The van der Waals surface area contributed by atoms with Crippen LogP contribution in [0.1, 0.15) is 68.6 Å². The van der Waals surface area contributed by atoms with Crippen molar-refractivity contribution in [3.05, 3.63) is 64.2 Å². The molecule has 2 aromatic carbocycles. The first-order valence-corrected chi connectivity index (χ1v) is 15.6. The SMILES string of the molecule is Cc1ccc(N(CCCC(=O)N(Cc2ccccc2Cl)C(C)C(=O)NC2CCCCC2)S(C)(=O)=O)cc1C. The van der Waals surface area contributed by atoms with Crippen LogP contribution in [0.25, 0.3) is 0 Å². The predicted molar refractivity (Wildman–Crippen MR) is 154 cm³/mol. The standard InChI is InChI=1S/C29H40ClN3O4S/c1-21-16-17-26(19-22(21)2)33(38(4,36)37)18-10-15-28(34)32(20-24-11-8-9-14-27(24)30)23(3)29(35)31-25-12-6-5-7-13-25/h8-9,11,14,16-17,19,23,25H,5-7,10,12-13,15,18,20H2,1-4H3,(H,31,35). The highest BCUT2D eigenvalue weighted by Crippen LogP contribution is 2.24. The molecular weight excluding hydrogens is 522 g/mol. The van der Waals surface area contributed by atoms with Crippen LogP contribution in [0, 0.1) is 13.8 Å². The number of hydrogen-bond donors (Lipinski definition) is 1. The second-order valence-electron chi connectivity index (χ2n) is 10.3. The zero-order valence-corrected chi connectivity index (χ0v) is 24.4. The first kappa shape index (κ1) is 30.0. The average Bonchev–Trinajstić information content (AvgIpc) is 2.87. The van der Waals surface area contributed by atoms with Gasteiger partial charge in [0.05, 0.1) is 11.9 Å². The van der Waals surface area contributed by atoms with Crippen LogP contribution in [0.5, 0.6) is 0 Å². The molecule has 38 heavy (non-hydrogen) atoms. The molecule has 2 aromatic rings. The van der Waals surface area contributed by atoms with Crippen molar-refractivity contribution < 1.29 is 18.0 Å². The van der Waals surface area contributed by atoms with E-state index in [-0.39, 0.29) is 37.4 Å². The average molecular weight is 562 g/mol. The summed E-state index contributed by atoms with van der Waals surface area (Å²) in [6, 6.07) is 12.3. The molecule has 9 heteroatoms. The van der Waals surface area contributed by atoms with Crippen LogP contribution < -0.4 is 9.62 Å². The molecule has 1 fully saturated rings. The minimum atomic E-state index is -3.54.